The number of carboxylic acids is 1. The summed E-state index contributed by atoms with van der Waals surface area (Å²) in [5.74, 6) is -0.919. The number of urea groups is 1. The van der Waals surface area contributed by atoms with Crippen LogP contribution in [-0.2, 0) is 6.42 Å². The zero-order chi connectivity index (χ0) is 13.1. The van der Waals surface area contributed by atoms with E-state index < -0.39 is 5.97 Å². The van der Waals surface area contributed by atoms with Crippen molar-refractivity contribution in [2.75, 3.05) is 26.7 Å². The van der Waals surface area contributed by atoms with Gasteiger partial charge in [-0.05, 0) is 24.1 Å². The molecular weight excluding hydrogens is 232 g/mol. The summed E-state index contributed by atoms with van der Waals surface area (Å²) in [5.41, 5.74) is 1.33. The molecular formula is C13H16N2O3. The maximum Gasteiger partial charge on any atom is 0.335 e. The molecule has 1 saturated heterocycles. The van der Waals surface area contributed by atoms with Gasteiger partial charge < -0.3 is 14.9 Å². The zero-order valence-electron chi connectivity index (χ0n) is 10.3. The Morgan fingerprint density at radius 2 is 1.94 bits per heavy atom. The summed E-state index contributed by atoms with van der Waals surface area (Å²) in [4.78, 5) is 25.9. The number of amides is 2. The maximum atomic E-state index is 11.6. The number of hydrogen-bond donors (Lipinski definition) is 1. The second-order valence-corrected chi connectivity index (χ2v) is 4.44. The first-order valence-corrected chi connectivity index (χ1v) is 5.90. The molecule has 5 heteroatoms. The van der Waals surface area contributed by atoms with Crippen LogP contribution in [0.4, 0.5) is 4.79 Å². The van der Waals surface area contributed by atoms with Crippen molar-refractivity contribution in [2.24, 2.45) is 0 Å². The van der Waals surface area contributed by atoms with Crippen molar-refractivity contribution < 1.29 is 14.7 Å². The standard InChI is InChI=1S/C13H16N2O3/c1-14-8-9-15(13(14)18)7-6-10-2-4-11(5-3-10)12(16)17/h2-5H,6-9H2,1H3,(H,16,17). The summed E-state index contributed by atoms with van der Waals surface area (Å²) in [6, 6.07) is 6.85. The van der Waals surface area contributed by atoms with Gasteiger partial charge in [0, 0.05) is 26.7 Å². The van der Waals surface area contributed by atoms with E-state index in [0.29, 0.717) is 6.54 Å². The molecule has 1 heterocycles. The fourth-order valence-corrected chi connectivity index (χ4v) is 1.99. The number of benzene rings is 1. The summed E-state index contributed by atoms with van der Waals surface area (Å²) >= 11 is 0. The van der Waals surface area contributed by atoms with Crippen LogP contribution in [0.3, 0.4) is 0 Å². The van der Waals surface area contributed by atoms with E-state index in [1.54, 1.807) is 36.2 Å². The molecule has 1 aromatic rings. The van der Waals surface area contributed by atoms with Crippen molar-refractivity contribution in [3.05, 3.63) is 35.4 Å². The second-order valence-electron chi connectivity index (χ2n) is 4.44. The molecule has 2 amide bonds. The summed E-state index contributed by atoms with van der Waals surface area (Å²) in [7, 11) is 1.80. The molecule has 0 spiro atoms. The van der Waals surface area contributed by atoms with Crippen LogP contribution in [0.25, 0.3) is 0 Å². The molecule has 0 aromatic heterocycles. The molecule has 96 valence electrons. The van der Waals surface area contributed by atoms with Gasteiger partial charge in [0.15, 0.2) is 0 Å². The summed E-state index contributed by atoms with van der Waals surface area (Å²) < 4.78 is 0. The Bertz CT molecular complexity index is 456. The van der Waals surface area contributed by atoms with Crippen LogP contribution in [0.5, 0.6) is 0 Å². The van der Waals surface area contributed by atoms with Crippen LogP contribution in [0.15, 0.2) is 24.3 Å². The molecule has 1 N–H and O–H groups in total. The quantitative estimate of drug-likeness (QED) is 0.873. The van der Waals surface area contributed by atoms with Crippen LogP contribution in [-0.4, -0.2) is 53.6 Å². The Morgan fingerprint density at radius 1 is 1.28 bits per heavy atom. The number of likely N-dealkylation sites (N-methyl/N-ethyl adjacent to an activating group) is 1. The van der Waals surface area contributed by atoms with E-state index in [4.69, 9.17) is 5.11 Å². The average molecular weight is 248 g/mol. The first-order valence-electron chi connectivity index (χ1n) is 5.90. The predicted molar refractivity (Wildman–Crippen MR) is 66.7 cm³/mol. The molecule has 0 atom stereocenters. The molecule has 2 rings (SSSR count). The smallest absolute Gasteiger partial charge is 0.335 e. The number of carboxylic acid groups (broad SMARTS) is 1. The number of nitrogens with zero attached hydrogens (tertiary/aromatic N) is 2. The lowest BCUT2D eigenvalue weighted by molar-refractivity contribution is 0.0697. The number of aromatic carboxylic acids is 1. The van der Waals surface area contributed by atoms with Crippen LogP contribution >= 0.6 is 0 Å². The van der Waals surface area contributed by atoms with Crippen molar-refractivity contribution in [1.29, 1.82) is 0 Å². The molecule has 1 aromatic carbocycles. The molecule has 0 unspecified atom stereocenters. The van der Waals surface area contributed by atoms with E-state index in [1.807, 2.05) is 4.90 Å². The highest BCUT2D eigenvalue weighted by molar-refractivity contribution is 5.87. The van der Waals surface area contributed by atoms with Gasteiger partial charge in [0.25, 0.3) is 0 Å². The van der Waals surface area contributed by atoms with E-state index in [2.05, 4.69) is 0 Å². The van der Waals surface area contributed by atoms with E-state index in [-0.39, 0.29) is 11.6 Å². The van der Waals surface area contributed by atoms with Crippen molar-refractivity contribution in [2.45, 2.75) is 6.42 Å². The minimum atomic E-state index is -0.919. The number of carbonyl (C=O) groups excluding carboxylic acids is 1. The third kappa shape index (κ3) is 2.61. The molecule has 1 aliphatic rings. The van der Waals surface area contributed by atoms with E-state index in [9.17, 15) is 9.59 Å². The van der Waals surface area contributed by atoms with Crippen molar-refractivity contribution in [3.63, 3.8) is 0 Å². The average Bonchev–Trinajstić information content (AvgIpc) is 2.68. The largest absolute Gasteiger partial charge is 0.478 e. The van der Waals surface area contributed by atoms with Gasteiger partial charge >= 0.3 is 12.0 Å². The van der Waals surface area contributed by atoms with E-state index >= 15 is 0 Å². The Labute approximate surface area is 106 Å². The lowest BCUT2D eigenvalue weighted by Gasteiger charge is -2.15. The monoisotopic (exact) mass is 248 g/mol. The maximum absolute atomic E-state index is 11.6. The van der Waals surface area contributed by atoms with Gasteiger partial charge in [-0.3, -0.25) is 0 Å². The van der Waals surface area contributed by atoms with E-state index in [1.165, 1.54) is 0 Å². The van der Waals surface area contributed by atoms with Gasteiger partial charge in [-0.15, -0.1) is 0 Å². The van der Waals surface area contributed by atoms with Crippen molar-refractivity contribution in [3.8, 4) is 0 Å². The molecule has 0 radical (unpaired) electrons. The highest BCUT2D eigenvalue weighted by atomic mass is 16.4. The van der Waals surface area contributed by atoms with Gasteiger partial charge in [-0.2, -0.15) is 0 Å². The Kier molecular flexibility index (Phi) is 3.50. The van der Waals surface area contributed by atoms with Gasteiger partial charge in [0.05, 0.1) is 5.56 Å². The van der Waals surface area contributed by atoms with Crippen LogP contribution in [0.2, 0.25) is 0 Å². The minimum Gasteiger partial charge on any atom is -0.478 e. The first-order chi connectivity index (χ1) is 8.58. The summed E-state index contributed by atoms with van der Waals surface area (Å²) in [6.07, 6.45) is 0.749. The molecule has 0 bridgehead atoms. The summed E-state index contributed by atoms with van der Waals surface area (Å²) in [6.45, 7) is 2.22. The number of hydrogen-bond acceptors (Lipinski definition) is 2. The Balaban J connectivity index is 1.91. The molecule has 0 saturated carbocycles. The fraction of sp³-hybridized carbons (Fsp3) is 0.385. The zero-order valence-corrected chi connectivity index (χ0v) is 10.3. The van der Waals surface area contributed by atoms with Crippen LogP contribution in [0, 0.1) is 0 Å². The Hall–Kier alpha value is -2.04. The predicted octanol–water partition coefficient (Wildman–Crippen LogP) is 1.29. The van der Waals surface area contributed by atoms with Crippen molar-refractivity contribution >= 4 is 12.0 Å². The fourth-order valence-electron chi connectivity index (χ4n) is 1.99. The molecule has 1 aliphatic heterocycles. The van der Waals surface area contributed by atoms with E-state index in [0.717, 1.165) is 25.1 Å². The van der Waals surface area contributed by atoms with Crippen LogP contribution < -0.4 is 0 Å². The number of rotatable bonds is 4. The SMILES string of the molecule is CN1CCN(CCc2ccc(C(=O)O)cc2)C1=O. The minimum absolute atomic E-state index is 0.0668. The lowest BCUT2D eigenvalue weighted by atomic mass is 10.1. The van der Waals surface area contributed by atoms with Gasteiger partial charge in [-0.1, -0.05) is 12.1 Å². The molecule has 0 aliphatic carbocycles. The van der Waals surface area contributed by atoms with Gasteiger partial charge in [0.2, 0.25) is 0 Å². The van der Waals surface area contributed by atoms with Gasteiger partial charge in [-0.25, -0.2) is 9.59 Å². The molecule has 1 fully saturated rings. The number of carbonyl (C=O) groups is 2. The lowest BCUT2D eigenvalue weighted by Crippen LogP contribution is -2.31. The third-order valence-corrected chi connectivity index (χ3v) is 3.17. The molecule has 5 nitrogen and oxygen atoms in total. The molecule has 18 heavy (non-hydrogen) atoms. The van der Waals surface area contributed by atoms with Crippen LogP contribution in [0.1, 0.15) is 15.9 Å². The van der Waals surface area contributed by atoms with Gasteiger partial charge in [0.1, 0.15) is 0 Å². The normalized spacial score (nSPS) is 15.3. The first kappa shape index (κ1) is 12.4. The highest BCUT2D eigenvalue weighted by Gasteiger charge is 2.24. The topological polar surface area (TPSA) is 60.9 Å². The van der Waals surface area contributed by atoms with Crippen molar-refractivity contribution in [1.82, 2.24) is 9.80 Å². The summed E-state index contributed by atoms with van der Waals surface area (Å²) in [5, 5.41) is 8.78. The third-order valence-electron chi connectivity index (χ3n) is 3.17. The Morgan fingerprint density at radius 3 is 2.44 bits per heavy atom. The second kappa shape index (κ2) is 5.08. The highest BCUT2D eigenvalue weighted by Crippen LogP contribution is 2.09.